The summed E-state index contributed by atoms with van der Waals surface area (Å²) in [6.07, 6.45) is 2.02. The van der Waals surface area contributed by atoms with Crippen molar-refractivity contribution < 1.29 is 29.0 Å². The standard InChI is InChI=1S/C22H33BrN2O6/c1-6-9-24(12(4)5)20(28)18-22-10-14(23)17(31-22)15(21(29)30-8-3)16(22)19(27)25(18)13(7-2)11-26/h6,12-18,26H,1,7-11H2,2-5H3/t13-,14?,15+,16-,17+,18+,22-/m0/s1. The zero-order valence-electron chi connectivity index (χ0n) is 18.6. The van der Waals surface area contributed by atoms with E-state index in [-0.39, 0.29) is 35.9 Å². The van der Waals surface area contributed by atoms with E-state index >= 15 is 0 Å². The Bertz CT molecular complexity index is 742. The minimum Gasteiger partial charge on any atom is -0.466 e. The summed E-state index contributed by atoms with van der Waals surface area (Å²) in [7, 11) is 0. The first-order valence-corrected chi connectivity index (χ1v) is 11.9. The third kappa shape index (κ3) is 3.62. The highest BCUT2D eigenvalue weighted by molar-refractivity contribution is 9.09. The fourth-order valence-electron chi connectivity index (χ4n) is 5.51. The van der Waals surface area contributed by atoms with Gasteiger partial charge in [-0.25, -0.2) is 0 Å². The lowest BCUT2D eigenvalue weighted by Crippen LogP contribution is -2.59. The van der Waals surface area contributed by atoms with Crippen LogP contribution >= 0.6 is 15.9 Å². The highest BCUT2D eigenvalue weighted by Gasteiger charge is 2.77. The van der Waals surface area contributed by atoms with Crippen LogP contribution in [0.15, 0.2) is 12.7 Å². The Morgan fingerprint density at radius 2 is 2.13 bits per heavy atom. The number of ether oxygens (including phenoxy) is 2. The second-order valence-corrected chi connectivity index (χ2v) is 9.95. The second kappa shape index (κ2) is 9.19. The molecule has 174 valence electrons. The molecule has 3 fully saturated rings. The summed E-state index contributed by atoms with van der Waals surface area (Å²) >= 11 is 3.62. The maximum atomic E-state index is 13.9. The third-order valence-electron chi connectivity index (χ3n) is 6.83. The molecule has 0 saturated carbocycles. The van der Waals surface area contributed by atoms with Gasteiger partial charge in [-0.3, -0.25) is 14.4 Å². The van der Waals surface area contributed by atoms with Crippen LogP contribution < -0.4 is 0 Å². The number of halogens is 1. The average Bonchev–Trinajstić information content (AvgIpc) is 3.31. The molecule has 0 radical (unpaired) electrons. The van der Waals surface area contributed by atoms with Gasteiger partial charge in [-0.05, 0) is 33.6 Å². The van der Waals surface area contributed by atoms with Crippen LogP contribution in [-0.4, -0.2) is 87.1 Å². The molecule has 2 amide bonds. The average molecular weight is 501 g/mol. The van der Waals surface area contributed by atoms with Gasteiger partial charge in [0.25, 0.3) is 0 Å². The Balaban J connectivity index is 2.13. The summed E-state index contributed by atoms with van der Waals surface area (Å²) in [5.41, 5.74) is -1.14. The number of carbonyl (C=O) groups excluding carboxylic acids is 3. The first kappa shape index (κ1) is 24.2. The summed E-state index contributed by atoms with van der Waals surface area (Å²) < 4.78 is 11.7. The van der Waals surface area contributed by atoms with E-state index < -0.39 is 41.6 Å². The largest absolute Gasteiger partial charge is 0.466 e. The van der Waals surface area contributed by atoms with Crippen molar-refractivity contribution in [3.63, 3.8) is 0 Å². The molecule has 3 heterocycles. The molecule has 8 nitrogen and oxygen atoms in total. The van der Waals surface area contributed by atoms with Crippen LogP contribution in [0.5, 0.6) is 0 Å². The maximum Gasteiger partial charge on any atom is 0.312 e. The highest BCUT2D eigenvalue weighted by atomic mass is 79.9. The fourth-order valence-corrected chi connectivity index (χ4v) is 6.46. The molecule has 2 bridgehead atoms. The molecule has 3 aliphatic rings. The number of likely N-dealkylation sites (tertiary alicyclic amines) is 1. The smallest absolute Gasteiger partial charge is 0.312 e. The summed E-state index contributed by atoms with van der Waals surface area (Å²) in [6.45, 7) is 11.4. The molecule has 9 heteroatoms. The molecule has 3 aliphatic heterocycles. The van der Waals surface area contributed by atoms with E-state index in [0.717, 1.165) is 0 Å². The minimum absolute atomic E-state index is 0.119. The second-order valence-electron chi connectivity index (χ2n) is 8.78. The van der Waals surface area contributed by atoms with Crippen molar-refractivity contribution >= 4 is 33.7 Å². The molecule has 0 aromatic rings. The number of nitrogens with zero attached hydrogens (tertiary/aromatic N) is 2. The lowest BCUT2D eigenvalue weighted by Gasteiger charge is -2.40. The first-order valence-electron chi connectivity index (χ1n) is 11.0. The van der Waals surface area contributed by atoms with Crippen molar-refractivity contribution in [3.8, 4) is 0 Å². The molecule has 1 N–H and O–H groups in total. The number of fused-ring (bicyclic) bond motifs is 1. The van der Waals surface area contributed by atoms with Crippen LogP contribution in [0, 0.1) is 11.8 Å². The third-order valence-corrected chi connectivity index (χ3v) is 7.67. The Kier molecular flexibility index (Phi) is 7.18. The maximum absolute atomic E-state index is 13.9. The number of rotatable bonds is 9. The lowest BCUT2D eigenvalue weighted by atomic mass is 9.70. The summed E-state index contributed by atoms with van der Waals surface area (Å²) in [4.78, 5) is 43.5. The van der Waals surface area contributed by atoms with Crippen LogP contribution in [-0.2, 0) is 23.9 Å². The molecule has 0 aromatic heterocycles. The van der Waals surface area contributed by atoms with Gasteiger partial charge in [0.2, 0.25) is 11.8 Å². The zero-order valence-corrected chi connectivity index (χ0v) is 20.2. The summed E-state index contributed by atoms with van der Waals surface area (Å²) in [6, 6.07) is -1.58. The van der Waals surface area contributed by atoms with Crippen LogP contribution in [0.4, 0.5) is 0 Å². The number of aliphatic hydroxyl groups is 1. The Labute approximate surface area is 192 Å². The number of hydrogen-bond donors (Lipinski definition) is 1. The molecule has 31 heavy (non-hydrogen) atoms. The van der Waals surface area contributed by atoms with Gasteiger partial charge in [-0.1, -0.05) is 28.9 Å². The van der Waals surface area contributed by atoms with Crippen molar-refractivity contribution in [1.29, 1.82) is 0 Å². The Morgan fingerprint density at radius 1 is 1.45 bits per heavy atom. The van der Waals surface area contributed by atoms with Gasteiger partial charge in [0.1, 0.15) is 11.6 Å². The number of alkyl halides is 1. The van der Waals surface area contributed by atoms with Gasteiger partial charge >= 0.3 is 5.97 Å². The fraction of sp³-hybridized carbons (Fsp3) is 0.773. The molecule has 0 aliphatic carbocycles. The summed E-state index contributed by atoms with van der Waals surface area (Å²) in [5, 5.41) is 10.0. The lowest BCUT2D eigenvalue weighted by molar-refractivity contribution is -0.156. The quantitative estimate of drug-likeness (QED) is 0.292. The Hall–Kier alpha value is -1.45. The van der Waals surface area contributed by atoms with E-state index in [1.165, 1.54) is 4.90 Å². The number of hydrogen-bond acceptors (Lipinski definition) is 6. The molecule has 3 rings (SSSR count). The number of esters is 1. The normalized spacial score (nSPS) is 34.7. The van der Waals surface area contributed by atoms with Gasteiger partial charge < -0.3 is 24.4 Å². The molecule has 1 spiro atoms. The van der Waals surface area contributed by atoms with E-state index in [9.17, 15) is 19.5 Å². The van der Waals surface area contributed by atoms with Gasteiger partial charge in [-0.2, -0.15) is 0 Å². The van der Waals surface area contributed by atoms with Gasteiger partial charge in [0, 0.05) is 17.4 Å². The van der Waals surface area contributed by atoms with Crippen molar-refractivity contribution in [3.05, 3.63) is 12.7 Å². The number of amides is 2. The van der Waals surface area contributed by atoms with E-state index in [2.05, 4.69) is 22.5 Å². The molecule has 7 atom stereocenters. The van der Waals surface area contributed by atoms with Crippen LogP contribution in [0.1, 0.15) is 40.5 Å². The van der Waals surface area contributed by atoms with Crippen LogP contribution in [0.3, 0.4) is 0 Å². The van der Waals surface area contributed by atoms with E-state index in [0.29, 0.717) is 19.4 Å². The molecule has 3 saturated heterocycles. The van der Waals surface area contributed by atoms with E-state index in [1.54, 1.807) is 17.9 Å². The van der Waals surface area contributed by atoms with Crippen LogP contribution in [0.25, 0.3) is 0 Å². The Morgan fingerprint density at radius 3 is 2.65 bits per heavy atom. The number of aliphatic hydroxyl groups excluding tert-OH is 1. The van der Waals surface area contributed by atoms with Crippen molar-refractivity contribution in [1.82, 2.24) is 9.80 Å². The van der Waals surface area contributed by atoms with Gasteiger partial charge in [-0.15, -0.1) is 6.58 Å². The van der Waals surface area contributed by atoms with Crippen molar-refractivity contribution in [2.24, 2.45) is 11.8 Å². The predicted octanol–water partition coefficient (Wildman–Crippen LogP) is 1.49. The van der Waals surface area contributed by atoms with Crippen molar-refractivity contribution in [2.75, 3.05) is 19.8 Å². The first-order chi connectivity index (χ1) is 14.7. The monoisotopic (exact) mass is 500 g/mol. The molecular formula is C22H33BrN2O6. The van der Waals surface area contributed by atoms with Gasteiger partial charge in [0.15, 0.2) is 0 Å². The van der Waals surface area contributed by atoms with Crippen molar-refractivity contribution in [2.45, 2.75) is 75.2 Å². The highest BCUT2D eigenvalue weighted by Crippen LogP contribution is 2.60. The molecular weight excluding hydrogens is 468 g/mol. The predicted molar refractivity (Wildman–Crippen MR) is 117 cm³/mol. The zero-order chi connectivity index (χ0) is 23.1. The summed E-state index contributed by atoms with van der Waals surface area (Å²) in [5.74, 6) is -2.63. The minimum atomic E-state index is -1.14. The van der Waals surface area contributed by atoms with Crippen LogP contribution in [0.2, 0.25) is 0 Å². The van der Waals surface area contributed by atoms with E-state index in [1.807, 2.05) is 20.8 Å². The molecule has 0 aromatic carbocycles. The molecule has 1 unspecified atom stereocenters. The van der Waals surface area contributed by atoms with E-state index in [4.69, 9.17) is 9.47 Å². The van der Waals surface area contributed by atoms with Gasteiger partial charge in [0.05, 0.1) is 37.2 Å². The SMILES string of the molecule is C=CCN(C(=O)[C@H]1N([C@@H](CC)CO)C(=O)[C@@H]2[C@@H](C(=O)OCC)[C@@H]3O[C@@]21CC3Br)C(C)C. The number of carbonyl (C=O) groups is 3. The topological polar surface area (TPSA) is 96.4 Å².